The van der Waals surface area contributed by atoms with E-state index in [1.807, 2.05) is 18.2 Å². The van der Waals surface area contributed by atoms with Gasteiger partial charge in [-0.25, -0.2) is 13.2 Å². The van der Waals surface area contributed by atoms with Gasteiger partial charge in [-0.15, -0.1) is 0 Å². The van der Waals surface area contributed by atoms with Crippen molar-refractivity contribution < 1.29 is 22.7 Å². The van der Waals surface area contributed by atoms with Gasteiger partial charge in [0.2, 0.25) is 10.0 Å². The molecule has 0 saturated carbocycles. The molecule has 4 rings (SSSR count). The zero-order valence-electron chi connectivity index (χ0n) is 19.3. The molecule has 2 aliphatic heterocycles. The smallest absolute Gasteiger partial charge is 0.338 e. The summed E-state index contributed by atoms with van der Waals surface area (Å²) in [5.41, 5.74) is 1.32. The number of piperazine rings is 1. The maximum atomic E-state index is 13.2. The molecule has 2 aromatic rings. The Kier molecular flexibility index (Phi) is 7.97. The highest BCUT2D eigenvalue weighted by atomic mass is 32.2. The van der Waals surface area contributed by atoms with E-state index in [1.165, 1.54) is 34.1 Å². The number of hydrogen-bond acceptors (Lipinski definition) is 6. The lowest BCUT2D eigenvalue weighted by Gasteiger charge is -2.34. The van der Waals surface area contributed by atoms with Gasteiger partial charge in [-0.3, -0.25) is 9.69 Å². The van der Waals surface area contributed by atoms with Crippen LogP contribution in [0.15, 0.2) is 59.5 Å². The third kappa shape index (κ3) is 6.02. The van der Waals surface area contributed by atoms with E-state index in [9.17, 15) is 18.0 Å². The van der Waals surface area contributed by atoms with Gasteiger partial charge in [-0.05, 0) is 43.0 Å². The molecule has 0 N–H and O–H groups in total. The van der Waals surface area contributed by atoms with Gasteiger partial charge in [0.1, 0.15) is 0 Å². The number of nitrogens with zero attached hydrogens (tertiary/aromatic N) is 3. The number of hydrogen-bond donors (Lipinski definition) is 0. The van der Waals surface area contributed by atoms with Crippen LogP contribution in [-0.4, -0.2) is 80.3 Å². The highest BCUT2D eigenvalue weighted by Crippen LogP contribution is 2.20. The number of carbonyl (C=O) groups excluding carboxylic acids is 2. The minimum atomic E-state index is -3.74. The lowest BCUT2D eigenvalue weighted by molar-refractivity contribution is -0.135. The summed E-state index contributed by atoms with van der Waals surface area (Å²) in [6.45, 7) is 3.85. The fourth-order valence-corrected chi connectivity index (χ4v) is 5.82. The van der Waals surface area contributed by atoms with Crippen LogP contribution in [-0.2, 0) is 26.1 Å². The molecule has 0 spiro atoms. The van der Waals surface area contributed by atoms with Crippen LogP contribution in [0.4, 0.5) is 0 Å². The molecule has 0 unspecified atom stereocenters. The second-order valence-electron chi connectivity index (χ2n) is 8.71. The molecule has 1 amide bonds. The number of benzene rings is 2. The first-order valence-corrected chi connectivity index (χ1v) is 13.2. The van der Waals surface area contributed by atoms with Crippen molar-refractivity contribution in [2.24, 2.45) is 0 Å². The molecule has 2 saturated heterocycles. The van der Waals surface area contributed by atoms with Crippen LogP contribution >= 0.6 is 0 Å². The highest BCUT2D eigenvalue weighted by molar-refractivity contribution is 7.89. The minimum absolute atomic E-state index is 0.0563. The van der Waals surface area contributed by atoms with Crippen LogP contribution in [0.2, 0.25) is 0 Å². The van der Waals surface area contributed by atoms with Crippen molar-refractivity contribution in [3.63, 3.8) is 0 Å². The Hall–Kier alpha value is -2.75. The predicted molar refractivity (Wildman–Crippen MR) is 128 cm³/mol. The molecule has 9 heteroatoms. The molecule has 2 heterocycles. The number of esters is 1. The van der Waals surface area contributed by atoms with E-state index < -0.39 is 16.0 Å². The van der Waals surface area contributed by atoms with Gasteiger partial charge in [0.15, 0.2) is 6.61 Å². The topological polar surface area (TPSA) is 87.2 Å². The Morgan fingerprint density at radius 3 is 2.24 bits per heavy atom. The summed E-state index contributed by atoms with van der Waals surface area (Å²) in [6.07, 6.45) is 3.02. The van der Waals surface area contributed by atoms with Crippen molar-refractivity contribution in [2.45, 2.75) is 30.7 Å². The van der Waals surface area contributed by atoms with Crippen LogP contribution in [0, 0.1) is 0 Å². The summed E-state index contributed by atoms with van der Waals surface area (Å²) >= 11 is 0. The van der Waals surface area contributed by atoms with Crippen LogP contribution in [0.5, 0.6) is 0 Å². The van der Waals surface area contributed by atoms with Crippen molar-refractivity contribution in [1.29, 1.82) is 0 Å². The molecule has 0 radical (unpaired) electrons. The fraction of sp³-hybridized carbons (Fsp3) is 0.440. The maximum Gasteiger partial charge on any atom is 0.338 e. The molecular weight excluding hydrogens is 454 g/mol. The van der Waals surface area contributed by atoms with Crippen molar-refractivity contribution in [3.05, 3.63) is 65.7 Å². The average Bonchev–Trinajstić information content (AvgIpc) is 2.88. The molecule has 34 heavy (non-hydrogen) atoms. The van der Waals surface area contributed by atoms with E-state index in [0.29, 0.717) is 39.3 Å². The zero-order chi connectivity index (χ0) is 24.0. The van der Waals surface area contributed by atoms with Gasteiger partial charge in [0.25, 0.3) is 5.91 Å². The Morgan fingerprint density at radius 2 is 1.53 bits per heavy atom. The molecular formula is C25H31N3O5S. The monoisotopic (exact) mass is 485 g/mol. The first kappa shape index (κ1) is 24.4. The summed E-state index contributed by atoms with van der Waals surface area (Å²) in [4.78, 5) is 28.7. The summed E-state index contributed by atoms with van der Waals surface area (Å²) in [5.74, 6) is -0.916. The Bertz CT molecular complexity index is 1090. The van der Waals surface area contributed by atoms with Crippen LogP contribution < -0.4 is 0 Å². The maximum absolute atomic E-state index is 13.2. The van der Waals surface area contributed by atoms with Crippen molar-refractivity contribution >= 4 is 21.9 Å². The van der Waals surface area contributed by atoms with Crippen LogP contribution in [0.3, 0.4) is 0 Å². The molecule has 8 nitrogen and oxygen atoms in total. The Balaban J connectivity index is 1.33. The largest absolute Gasteiger partial charge is 0.452 e. The SMILES string of the molecule is O=C(OCC(=O)N1CCCCC1)c1cccc(S(=O)(=O)N2CCN(Cc3ccccc3)CC2)c1. The molecule has 0 aliphatic carbocycles. The number of carbonyl (C=O) groups is 2. The highest BCUT2D eigenvalue weighted by Gasteiger charge is 2.29. The normalized spacial score (nSPS) is 17.9. The third-order valence-corrected chi connectivity index (χ3v) is 8.22. The van der Waals surface area contributed by atoms with Crippen molar-refractivity contribution in [2.75, 3.05) is 45.9 Å². The molecule has 2 aromatic carbocycles. The first-order chi connectivity index (χ1) is 16.4. The number of piperidine rings is 1. The fourth-order valence-electron chi connectivity index (χ4n) is 4.35. The van der Waals surface area contributed by atoms with E-state index in [4.69, 9.17) is 4.74 Å². The molecule has 0 atom stereocenters. The second-order valence-corrected chi connectivity index (χ2v) is 10.6. The lowest BCUT2D eigenvalue weighted by atomic mass is 10.1. The summed E-state index contributed by atoms with van der Waals surface area (Å²) in [5, 5.41) is 0. The first-order valence-electron chi connectivity index (χ1n) is 11.7. The van der Waals surface area contributed by atoms with Gasteiger partial charge in [0.05, 0.1) is 10.5 Å². The Morgan fingerprint density at radius 1 is 0.824 bits per heavy atom. The quantitative estimate of drug-likeness (QED) is 0.560. The van der Waals surface area contributed by atoms with Crippen molar-refractivity contribution in [1.82, 2.24) is 14.1 Å². The molecule has 0 bridgehead atoms. The predicted octanol–water partition coefficient (Wildman–Crippen LogP) is 2.36. The summed E-state index contributed by atoms with van der Waals surface area (Å²) < 4.78 is 33.0. The average molecular weight is 486 g/mol. The van der Waals surface area contributed by atoms with Gasteiger partial charge in [0, 0.05) is 45.8 Å². The van der Waals surface area contributed by atoms with Gasteiger partial charge >= 0.3 is 5.97 Å². The van der Waals surface area contributed by atoms with E-state index in [2.05, 4.69) is 17.0 Å². The number of amides is 1. The minimum Gasteiger partial charge on any atom is -0.452 e. The third-order valence-electron chi connectivity index (χ3n) is 6.32. The van der Waals surface area contributed by atoms with Crippen molar-refractivity contribution in [3.8, 4) is 0 Å². The summed E-state index contributed by atoms with van der Waals surface area (Å²) in [7, 11) is -3.74. The summed E-state index contributed by atoms with van der Waals surface area (Å²) in [6, 6.07) is 16.0. The number of likely N-dealkylation sites (tertiary alicyclic amines) is 1. The van der Waals surface area contributed by atoms with Gasteiger partial charge < -0.3 is 9.64 Å². The second kappa shape index (κ2) is 11.1. The Labute approximate surface area is 201 Å². The van der Waals surface area contributed by atoms with Gasteiger partial charge in [-0.1, -0.05) is 36.4 Å². The van der Waals surface area contributed by atoms with E-state index >= 15 is 0 Å². The van der Waals surface area contributed by atoms with E-state index in [-0.39, 0.29) is 23.0 Å². The van der Waals surface area contributed by atoms with E-state index in [1.54, 1.807) is 4.90 Å². The number of rotatable bonds is 7. The zero-order valence-corrected chi connectivity index (χ0v) is 20.1. The van der Waals surface area contributed by atoms with E-state index in [0.717, 1.165) is 25.8 Å². The molecule has 182 valence electrons. The van der Waals surface area contributed by atoms with Gasteiger partial charge in [-0.2, -0.15) is 4.31 Å². The van der Waals surface area contributed by atoms with Crippen LogP contribution in [0.25, 0.3) is 0 Å². The number of sulfonamides is 1. The molecule has 2 fully saturated rings. The molecule has 0 aromatic heterocycles. The number of ether oxygens (including phenoxy) is 1. The molecule has 2 aliphatic rings. The standard InChI is InChI=1S/C25H31N3O5S/c29-24(27-12-5-2-6-13-27)20-33-25(30)22-10-7-11-23(18-22)34(31,32)28-16-14-26(15-17-28)19-21-8-3-1-4-9-21/h1,3-4,7-11,18H,2,5-6,12-17,19-20H2. The lowest BCUT2D eigenvalue weighted by Crippen LogP contribution is -2.48. The van der Waals surface area contributed by atoms with Crippen LogP contribution in [0.1, 0.15) is 35.2 Å².